The molecule has 1 N–H and O–H groups in total. The second-order valence-corrected chi connectivity index (χ2v) is 6.61. The standard InChI is InChI=1S/C16H28N2O3/c1-4-6-13-16(20)18(9-12-7-5-8-21-10-12)14(11(2)3)15(19)17-13/h11-14H,4-10H2,1-3H3,(H,17,19). The summed E-state index contributed by atoms with van der Waals surface area (Å²) in [7, 11) is 0. The Morgan fingerprint density at radius 3 is 2.71 bits per heavy atom. The lowest BCUT2D eigenvalue weighted by molar-refractivity contribution is -0.152. The van der Waals surface area contributed by atoms with Gasteiger partial charge in [0.2, 0.25) is 11.8 Å². The van der Waals surface area contributed by atoms with Crippen LogP contribution in [0.2, 0.25) is 0 Å². The Morgan fingerprint density at radius 2 is 2.14 bits per heavy atom. The first-order valence-electron chi connectivity index (χ1n) is 8.23. The maximum Gasteiger partial charge on any atom is 0.245 e. The van der Waals surface area contributed by atoms with Crippen molar-refractivity contribution in [3.63, 3.8) is 0 Å². The predicted octanol–water partition coefficient (Wildman–Crippen LogP) is 1.56. The summed E-state index contributed by atoms with van der Waals surface area (Å²) in [4.78, 5) is 26.9. The largest absolute Gasteiger partial charge is 0.381 e. The summed E-state index contributed by atoms with van der Waals surface area (Å²) < 4.78 is 5.52. The van der Waals surface area contributed by atoms with Gasteiger partial charge in [-0.05, 0) is 31.1 Å². The topological polar surface area (TPSA) is 58.6 Å². The molecule has 2 rings (SSSR count). The van der Waals surface area contributed by atoms with E-state index in [1.807, 2.05) is 25.7 Å². The third-order valence-corrected chi connectivity index (χ3v) is 4.42. The molecule has 5 heteroatoms. The smallest absolute Gasteiger partial charge is 0.245 e. The third-order valence-electron chi connectivity index (χ3n) is 4.42. The first-order chi connectivity index (χ1) is 10.0. The van der Waals surface area contributed by atoms with E-state index in [2.05, 4.69) is 5.32 Å². The molecular weight excluding hydrogens is 268 g/mol. The molecule has 0 spiro atoms. The number of carbonyl (C=O) groups is 2. The van der Waals surface area contributed by atoms with Crippen molar-refractivity contribution < 1.29 is 14.3 Å². The monoisotopic (exact) mass is 296 g/mol. The zero-order valence-electron chi connectivity index (χ0n) is 13.4. The highest BCUT2D eigenvalue weighted by Crippen LogP contribution is 2.23. The van der Waals surface area contributed by atoms with Gasteiger partial charge in [-0.2, -0.15) is 0 Å². The van der Waals surface area contributed by atoms with Crippen LogP contribution in [-0.2, 0) is 14.3 Å². The maximum atomic E-state index is 12.7. The molecule has 0 aromatic carbocycles. The van der Waals surface area contributed by atoms with Gasteiger partial charge in [-0.15, -0.1) is 0 Å². The minimum atomic E-state index is -0.345. The molecule has 2 amide bonds. The van der Waals surface area contributed by atoms with Crippen molar-refractivity contribution >= 4 is 11.8 Å². The lowest BCUT2D eigenvalue weighted by Gasteiger charge is -2.42. The van der Waals surface area contributed by atoms with Crippen molar-refractivity contribution in [2.45, 2.75) is 58.5 Å². The Kier molecular flexibility index (Phi) is 5.62. The van der Waals surface area contributed by atoms with Crippen LogP contribution in [0.4, 0.5) is 0 Å². The number of hydrogen-bond acceptors (Lipinski definition) is 3. The van der Waals surface area contributed by atoms with E-state index >= 15 is 0 Å². The van der Waals surface area contributed by atoms with E-state index in [0.717, 1.165) is 25.9 Å². The zero-order valence-corrected chi connectivity index (χ0v) is 13.4. The minimum absolute atomic E-state index is 0.000206. The summed E-state index contributed by atoms with van der Waals surface area (Å²) in [5, 5.41) is 2.90. The van der Waals surface area contributed by atoms with Crippen molar-refractivity contribution in [1.29, 1.82) is 0 Å². The van der Waals surface area contributed by atoms with Crippen LogP contribution in [-0.4, -0.2) is 48.6 Å². The molecule has 2 saturated heterocycles. The second-order valence-electron chi connectivity index (χ2n) is 6.61. The molecule has 3 atom stereocenters. The first kappa shape index (κ1) is 16.3. The van der Waals surface area contributed by atoms with Gasteiger partial charge < -0.3 is 15.0 Å². The fraction of sp³-hybridized carbons (Fsp3) is 0.875. The van der Waals surface area contributed by atoms with Crippen LogP contribution in [0, 0.1) is 11.8 Å². The molecule has 2 fully saturated rings. The van der Waals surface area contributed by atoms with Gasteiger partial charge in [-0.3, -0.25) is 9.59 Å². The zero-order chi connectivity index (χ0) is 15.4. The Morgan fingerprint density at radius 1 is 1.38 bits per heavy atom. The maximum absolute atomic E-state index is 12.7. The van der Waals surface area contributed by atoms with Gasteiger partial charge in [-0.25, -0.2) is 0 Å². The Balaban J connectivity index is 2.12. The number of carbonyl (C=O) groups excluding carboxylic acids is 2. The number of amides is 2. The van der Waals surface area contributed by atoms with Gasteiger partial charge in [0.15, 0.2) is 0 Å². The molecular formula is C16H28N2O3. The summed E-state index contributed by atoms with van der Waals surface area (Å²) in [6.07, 6.45) is 3.73. The summed E-state index contributed by atoms with van der Waals surface area (Å²) >= 11 is 0. The van der Waals surface area contributed by atoms with Gasteiger partial charge in [0, 0.05) is 13.2 Å². The molecule has 120 valence electrons. The number of nitrogens with one attached hydrogen (secondary N) is 1. The van der Waals surface area contributed by atoms with Gasteiger partial charge >= 0.3 is 0 Å². The van der Waals surface area contributed by atoms with E-state index in [1.165, 1.54) is 0 Å². The van der Waals surface area contributed by atoms with Gasteiger partial charge in [0.25, 0.3) is 0 Å². The average Bonchev–Trinajstić information content (AvgIpc) is 2.45. The number of piperazine rings is 1. The molecule has 0 aliphatic carbocycles. The predicted molar refractivity (Wildman–Crippen MR) is 80.7 cm³/mol. The van der Waals surface area contributed by atoms with Gasteiger partial charge in [-0.1, -0.05) is 27.2 Å². The quantitative estimate of drug-likeness (QED) is 0.837. The minimum Gasteiger partial charge on any atom is -0.381 e. The number of rotatable bonds is 5. The molecule has 2 heterocycles. The Hall–Kier alpha value is -1.10. The Labute approximate surface area is 127 Å². The highest BCUT2D eigenvalue weighted by molar-refractivity contribution is 5.97. The van der Waals surface area contributed by atoms with E-state index in [-0.39, 0.29) is 29.8 Å². The highest BCUT2D eigenvalue weighted by atomic mass is 16.5. The van der Waals surface area contributed by atoms with E-state index in [9.17, 15) is 9.59 Å². The molecule has 0 aromatic rings. The molecule has 0 saturated carbocycles. The molecule has 3 unspecified atom stereocenters. The van der Waals surface area contributed by atoms with Crippen LogP contribution in [0.3, 0.4) is 0 Å². The highest BCUT2D eigenvalue weighted by Gasteiger charge is 2.42. The van der Waals surface area contributed by atoms with Crippen LogP contribution in [0.15, 0.2) is 0 Å². The second kappa shape index (κ2) is 7.25. The lowest BCUT2D eigenvalue weighted by Crippen LogP contribution is -2.65. The molecule has 21 heavy (non-hydrogen) atoms. The molecule has 5 nitrogen and oxygen atoms in total. The van der Waals surface area contributed by atoms with Crippen LogP contribution >= 0.6 is 0 Å². The fourth-order valence-electron chi connectivity index (χ4n) is 3.38. The van der Waals surface area contributed by atoms with Crippen molar-refractivity contribution in [3.8, 4) is 0 Å². The van der Waals surface area contributed by atoms with Crippen LogP contribution in [0.5, 0.6) is 0 Å². The molecule has 0 radical (unpaired) electrons. The lowest BCUT2D eigenvalue weighted by atomic mass is 9.93. The van der Waals surface area contributed by atoms with Crippen molar-refractivity contribution in [2.75, 3.05) is 19.8 Å². The van der Waals surface area contributed by atoms with Crippen LogP contribution in [0.25, 0.3) is 0 Å². The number of nitrogens with zero attached hydrogens (tertiary/aromatic N) is 1. The molecule has 2 aliphatic rings. The summed E-state index contributed by atoms with van der Waals surface area (Å²) in [6, 6.07) is -0.686. The SMILES string of the molecule is CCCC1NC(=O)C(C(C)C)N(CC2CCCOC2)C1=O. The first-order valence-corrected chi connectivity index (χ1v) is 8.23. The average molecular weight is 296 g/mol. The van der Waals surface area contributed by atoms with Crippen molar-refractivity contribution in [1.82, 2.24) is 10.2 Å². The van der Waals surface area contributed by atoms with Crippen LogP contribution < -0.4 is 5.32 Å². The van der Waals surface area contributed by atoms with E-state index < -0.39 is 0 Å². The van der Waals surface area contributed by atoms with Crippen molar-refractivity contribution in [2.24, 2.45) is 11.8 Å². The van der Waals surface area contributed by atoms with Gasteiger partial charge in [0.05, 0.1) is 6.61 Å². The third kappa shape index (κ3) is 3.76. The van der Waals surface area contributed by atoms with Crippen LogP contribution in [0.1, 0.15) is 46.5 Å². The number of hydrogen-bond donors (Lipinski definition) is 1. The molecule has 0 aromatic heterocycles. The summed E-state index contributed by atoms with van der Waals surface area (Å²) in [5.41, 5.74) is 0. The Bertz CT molecular complexity index is 378. The summed E-state index contributed by atoms with van der Waals surface area (Å²) in [6.45, 7) is 8.21. The van der Waals surface area contributed by atoms with E-state index in [1.54, 1.807) is 0 Å². The summed E-state index contributed by atoms with van der Waals surface area (Å²) in [5.74, 6) is 0.568. The fourth-order valence-corrected chi connectivity index (χ4v) is 3.38. The van der Waals surface area contributed by atoms with Crippen molar-refractivity contribution in [3.05, 3.63) is 0 Å². The van der Waals surface area contributed by atoms with Gasteiger partial charge in [0.1, 0.15) is 12.1 Å². The number of ether oxygens (including phenoxy) is 1. The van der Waals surface area contributed by atoms with E-state index in [0.29, 0.717) is 25.5 Å². The normalized spacial score (nSPS) is 30.7. The van der Waals surface area contributed by atoms with E-state index in [4.69, 9.17) is 4.74 Å². The molecule has 0 bridgehead atoms. The molecule has 2 aliphatic heterocycles.